The van der Waals surface area contributed by atoms with Crippen molar-refractivity contribution in [2.24, 2.45) is 5.92 Å². The summed E-state index contributed by atoms with van der Waals surface area (Å²) in [4.78, 5) is 35.9. The fraction of sp³-hybridized carbons (Fsp3) is 0.364. The number of nitro benzene ring substituents is 1. The summed E-state index contributed by atoms with van der Waals surface area (Å²) in [7, 11) is 3.93. The van der Waals surface area contributed by atoms with Crippen LogP contribution >= 0.6 is 0 Å². The van der Waals surface area contributed by atoms with Gasteiger partial charge in [-0.1, -0.05) is 12.1 Å². The van der Waals surface area contributed by atoms with Crippen molar-refractivity contribution in [3.05, 3.63) is 51.6 Å². The van der Waals surface area contributed by atoms with Crippen LogP contribution in [0.15, 0.2) is 30.3 Å². The van der Waals surface area contributed by atoms with Gasteiger partial charge in [0.05, 0.1) is 32.3 Å². The molecule has 0 aliphatic heterocycles. The van der Waals surface area contributed by atoms with E-state index in [1.54, 1.807) is 31.2 Å². The van der Waals surface area contributed by atoms with Gasteiger partial charge in [-0.25, -0.2) is 0 Å². The first-order chi connectivity index (χ1) is 15.3. The van der Waals surface area contributed by atoms with E-state index in [0.717, 1.165) is 18.4 Å². The van der Waals surface area contributed by atoms with Gasteiger partial charge in [-0.05, 0) is 37.5 Å². The van der Waals surface area contributed by atoms with Gasteiger partial charge in [-0.3, -0.25) is 19.7 Å². The smallest absolute Gasteiger partial charge is 0.327 e. The molecule has 1 saturated carbocycles. The summed E-state index contributed by atoms with van der Waals surface area (Å²) in [6, 6.07) is 7.83. The second kappa shape index (κ2) is 9.54. The summed E-state index contributed by atoms with van der Waals surface area (Å²) < 4.78 is 15.5. The lowest BCUT2D eigenvalue weighted by molar-refractivity contribution is -0.386. The van der Waals surface area contributed by atoms with Crippen molar-refractivity contribution in [2.75, 3.05) is 26.6 Å². The standard InChI is InChI=1S/C22H25N3O7/c1-12(13-7-9-15(10-8-13)24-21(26)14-5-6-14)23-22(27)16-11-17(30-2)19(31-3)20(32-4)18(16)25(28)29/h7-12,14H,5-6H2,1-4H3,(H,23,27)(H,24,26). The van der Waals surface area contributed by atoms with Crippen LogP contribution in [0.5, 0.6) is 17.2 Å². The fourth-order valence-electron chi connectivity index (χ4n) is 3.30. The molecule has 2 N–H and O–H groups in total. The van der Waals surface area contributed by atoms with Gasteiger partial charge in [0.25, 0.3) is 5.91 Å². The molecule has 3 rings (SSSR count). The molecule has 2 aromatic rings. The third kappa shape index (κ3) is 4.74. The summed E-state index contributed by atoms with van der Waals surface area (Å²) in [5.74, 6) is -0.616. The Morgan fingerprint density at radius 1 is 1.06 bits per heavy atom. The molecular weight excluding hydrogens is 418 g/mol. The van der Waals surface area contributed by atoms with Crippen LogP contribution in [0.3, 0.4) is 0 Å². The maximum atomic E-state index is 13.0. The number of benzene rings is 2. The topological polar surface area (TPSA) is 129 Å². The zero-order chi connectivity index (χ0) is 23.4. The molecule has 0 spiro atoms. The predicted octanol–water partition coefficient (Wildman–Crippen LogP) is 3.46. The van der Waals surface area contributed by atoms with Gasteiger partial charge in [0.1, 0.15) is 5.56 Å². The van der Waals surface area contributed by atoms with E-state index in [9.17, 15) is 19.7 Å². The number of hydrogen-bond donors (Lipinski definition) is 2. The predicted molar refractivity (Wildman–Crippen MR) is 116 cm³/mol. The van der Waals surface area contributed by atoms with E-state index in [0.29, 0.717) is 5.69 Å². The minimum Gasteiger partial charge on any atom is -0.493 e. The molecule has 0 heterocycles. The highest BCUT2D eigenvalue weighted by Gasteiger charge is 2.33. The third-order valence-corrected chi connectivity index (χ3v) is 5.20. The third-order valence-electron chi connectivity index (χ3n) is 5.20. The number of carbonyl (C=O) groups excluding carboxylic acids is 2. The first kappa shape index (κ1) is 22.9. The van der Waals surface area contributed by atoms with Crippen molar-refractivity contribution >= 4 is 23.2 Å². The molecule has 1 atom stereocenters. The van der Waals surface area contributed by atoms with Crippen LogP contribution in [-0.4, -0.2) is 38.1 Å². The monoisotopic (exact) mass is 443 g/mol. The fourth-order valence-corrected chi connectivity index (χ4v) is 3.30. The lowest BCUT2D eigenvalue weighted by atomic mass is 10.1. The summed E-state index contributed by atoms with van der Waals surface area (Å²) in [6.45, 7) is 1.75. The Bertz CT molecular complexity index is 1030. The second-order valence-corrected chi connectivity index (χ2v) is 7.38. The Kier molecular flexibility index (Phi) is 6.82. The minimum absolute atomic E-state index is 0.00816. The molecule has 32 heavy (non-hydrogen) atoms. The number of amides is 2. The zero-order valence-electron chi connectivity index (χ0n) is 18.3. The molecule has 1 aliphatic rings. The van der Waals surface area contributed by atoms with E-state index in [4.69, 9.17) is 14.2 Å². The van der Waals surface area contributed by atoms with Gasteiger partial charge >= 0.3 is 5.69 Å². The number of nitrogens with zero attached hydrogens (tertiary/aromatic N) is 1. The van der Waals surface area contributed by atoms with Crippen molar-refractivity contribution in [1.82, 2.24) is 5.32 Å². The summed E-state index contributed by atoms with van der Waals surface area (Å²) >= 11 is 0. The lowest BCUT2D eigenvalue weighted by Crippen LogP contribution is -2.27. The Morgan fingerprint density at radius 3 is 2.19 bits per heavy atom. The van der Waals surface area contributed by atoms with Crippen molar-refractivity contribution in [3.8, 4) is 17.2 Å². The molecule has 1 aliphatic carbocycles. The van der Waals surface area contributed by atoms with Crippen molar-refractivity contribution in [2.45, 2.75) is 25.8 Å². The van der Waals surface area contributed by atoms with E-state index in [-0.39, 0.29) is 34.6 Å². The largest absolute Gasteiger partial charge is 0.493 e. The number of methoxy groups -OCH3 is 3. The minimum atomic E-state index is -0.697. The normalized spacial score (nSPS) is 13.6. The Morgan fingerprint density at radius 2 is 1.69 bits per heavy atom. The van der Waals surface area contributed by atoms with Gasteiger partial charge in [-0.15, -0.1) is 0 Å². The molecule has 0 aromatic heterocycles. The van der Waals surface area contributed by atoms with E-state index in [1.807, 2.05) is 0 Å². The van der Waals surface area contributed by atoms with Gasteiger partial charge < -0.3 is 24.8 Å². The van der Waals surface area contributed by atoms with Gasteiger partial charge in [0.15, 0.2) is 5.75 Å². The summed E-state index contributed by atoms with van der Waals surface area (Å²) in [6.07, 6.45) is 1.83. The van der Waals surface area contributed by atoms with Crippen molar-refractivity contribution < 1.29 is 28.7 Å². The number of ether oxygens (including phenoxy) is 3. The Balaban J connectivity index is 1.82. The van der Waals surface area contributed by atoms with E-state index in [2.05, 4.69) is 10.6 Å². The average Bonchev–Trinajstić information content (AvgIpc) is 3.63. The highest BCUT2D eigenvalue weighted by Crippen LogP contribution is 2.46. The number of carbonyl (C=O) groups is 2. The number of nitrogens with one attached hydrogen (secondary N) is 2. The quantitative estimate of drug-likeness (QED) is 0.448. The van der Waals surface area contributed by atoms with Gasteiger partial charge in [-0.2, -0.15) is 0 Å². The molecule has 10 nitrogen and oxygen atoms in total. The average molecular weight is 443 g/mol. The summed E-state index contributed by atoms with van der Waals surface area (Å²) in [5, 5.41) is 17.3. The van der Waals surface area contributed by atoms with E-state index >= 15 is 0 Å². The highest BCUT2D eigenvalue weighted by molar-refractivity contribution is 6.01. The van der Waals surface area contributed by atoms with Crippen LogP contribution in [0.4, 0.5) is 11.4 Å². The van der Waals surface area contributed by atoms with Crippen molar-refractivity contribution in [1.29, 1.82) is 0 Å². The summed E-state index contributed by atoms with van der Waals surface area (Å²) in [5.41, 5.74) is 0.694. The number of anilines is 1. The molecule has 170 valence electrons. The van der Waals surface area contributed by atoms with Crippen LogP contribution in [-0.2, 0) is 4.79 Å². The van der Waals surface area contributed by atoms with Crippen LogP contribution in [0, 0.1) is 16.0 Å². The number of hydrogen-bond acceptors (Lipinski definition) is 7. The molecule has 0 bridgehead atoms. The van der Waals surface area contributed by atoms with Crippen LogP contribution < -0.4 is 24.8 Å². The van der Waals surface area contributed by atoms with Gasteiger partial charge in [0.2, 0.25) is 17.4 Å². The first-order valence-corrected chi connectivity index (χ1v) is 9.99. The second-order valence-electron chi connectivity index (χ2n) is 7.38. The molecule has 2 aromatic carbocycles. The molecule has 1 fully saturated rings. The molecule has 1 unspecified atom stereocenters. The maximum absolute atomic E-state index is 13.0. The van der Waals surface area contributed by atoms with Crippen LogP contribution in [0.1, 0.15) is 41.7 Å². The number of rotatable bonds is 9. The Hall–Kier alpha value is -3.82. The zero-order valence-corrected chi connectivity index (χ0v) is 18.3. The molecule has 0 saturated heterocycles. The number of nitro groups is 1. The van der Waals surface area contributed by atoms with E-state index < -0.39 is 22.6 Å². The maximum Gasteiger partial charge on any atom is 0.327 e. The van der Waals surface area contributed by atoms with Crippen LogP contribution in [0.25, 0.3) is 0 Å². The lowest BCUT2D eigenvalue weighted by Gasteiger charge is -2.17. The molecule has 2 amide bonds. The first-order valence-electron chi connectivity index (χ1n) is 9.99. The van der Waals surface area contributed by atoms with Crippen molar-refractivity contribution in [3.63, 3.8) is 0 Å². The molecule has 10 heteroatoms. The molecular formula is C22H25N3O7. The van der Waals surface area contributed by atoms with E-state index in [1.165, 1.54) is 27.4 Å². The Labute approximate surface area is 185 Å². The molecule has 0 radical (unpaired) electrons. The highest BCUT2D eigenvalue weighted by atomic mass is 16.6. The van der Waals surface area contributed by atoms with Gasteiger partial charge in [0, 0.05) is 17.7 Å². The van der Waals surface area contributed by atoms with Crippen LogP contribution in [0.2, 0.25) is 0 Å². The SMILES string of the molecule is COc1cc(C(=O)NC(C)c2ccc(NC(=O)C3CC3)cc2)c([N+](=O)[O-])c(OC)c1OC.